The van der Waals surface area contributed by atoms with Gasteiger partial charge in [-0.2, -0.15) is 0 Å². The first-order valence-corrected chi connectivity index (χ1v) is 8.47. The minimum atomic E-state index is -0.815. The molecule has 2 heterocycles. The summed E-state index contributed by atoms with van der Waals surface area (Å²) in [5.74, 6) is -0.352. The Kier molecular flexibility index (Phi) is 4.30. The number of nitrogens with zero attached hydrogens (tertiary/aromatic N) is 2. The quantitative estimate of drug-likeness (QED) is 0.906. The first-order chi connectivity index (χ1) is 11.5. The molecule has 2 aromatic heterocycles. The second-order valence-corrected chi connectivity index (χ2v) is 6.66. The number of nitrogens with one attached hydrogen (secondary N) is 2. The van der Waals surface area contributed by atoms with Crippen molar-refractivity contribution in [2.75, 3.05) is 7.05 Å². The minimum Gasteiger partial charge on any atom is -0.357 e. The van der Waals surface area contributed by atoms with Crippen molar-refractivity contribution in [2.45, 2.75) is 51.5 Å². The summed E-state index contributed by atoms with van der Waals surface area (Å²) in [5, 5.41) is 5.74. The van der Waals surface area contributed by atoms with E-state index in [1.165, 1.54) is 0 Å². The van der Waals surface area contributed by atoms with Crippen molar-refractivity contribution in [3.63, 3.8) is 0 Å². The van der Waals surface area contributed by atoms with Gasteiger partial charge in [0.2, 0.25) is 5.91 Å². The number of fused-ring (bicyclic) bond motifs is 1. The van der Waals surface area contributed by atoms with Crippen LogP contribution in [0.1, 0.15) is 53.8 Å². The lowest BCUT2D eigenvalue weighted by Gasteiger charge is -2.36. The van der Waals surface area contributed by atoms with Gasteiger partial charge in [-0.05, 0) is 38.3 Å². The van der Waals surface area contributed by atoms with Crippen molar-refractivity contribution >= 4 is 17.5 Å². The summed E-state index contributed by atoms with van der Waals surface area (Å²) < 4.78 is 1.81. The van der Waals surface area contributed by atoms with E-state index in [4.69, 9.17) is 0 Å². The van der Waals surface area contributed by atoms with Gasteiger partial charge in [-0.1, -0.05) is 25.3 Å². The van der Waals surface area contributed by atoms with E-state index in [9.17, 15) is 9.59 Å². The highest BCUT2D eigenvalue weighted by Gasteiger charge is 2.41. The van der Waals surface area contributed by atoms with E-state index in [0.29, 0.717) is 24.2 Å². The first kappa shape index (κ1) is 16.5. The van der Waals surface area contributed by atoms with Crippen LogP contribution in [0.5, 0.6) is 0 Å². The fraction of sp³-hybridized carbons (Fsp3) is 0.500. The number of hydrogen-bond acceptors (Lipinski definition) is 3. The zero-order chi connectivity index (χ0) is 17.3. The molecule has 2 N–H and O–H groups in total. The van der Waals surface area contributed by atoms with E-state index in [1.54, 1.807) is 11.4 Å². The number of hydrogen-bond donors (Lipinski definition) is 2. The van der Waals surface area contributed by atoms with E-state index in [0.717, 1.165) is 30.5 Å². The Labute approximate surface area is 141 Å². The highest BCUT2D eigenvalue weighted by Crippen LogP contribution is 2.29. The van der Waals surface area contributed by atoms with Crippen LogP contribution < -0.4 is 10.6 Å². The zero-order valence-electron chi connectivity index (χ0n) is 14.5. The number of amides is 2. The van der Waals surface area contributed by atoms with Crippen molar-refractivity contribution in [1.82, 2.24) is 20.0 Å². The Morgan fingerprint density at radius 2 is 1.88 bits per heavy atom. The number of carbonyl (C=O) groups is 2. The molecule has 0 saturated heterocycles. The smallest absolute Gasteiger partial charge is 0.271 e. The second-order valence-electron chi connectivity index (χ2n) is 6.66. The molecule has 1 aliphatic carbocycles. The molecule has 0 bridgehead atoms. The van der Waals surface area contributed by atoms with Crippen LogP contribution in [-0.4, -0.2) is 33.8 Å². The van der Waals surface area contributed by atoms with Gasteiger partial charge in [0.05, 0.1) is 5.69 Å². The van der Waals surface area contributed by atoms with Gasteiger partial charge in [0.25, 0.3) is 5.91 Å². The maximum Gasteiger partial charge on any atom is 0.271 e. The van der Waals surface area contributed by atoms with Gasteiger partial charge in [0.15, 0.2) is 0 Å². The summed E-state index contributed by atoms with van der Waals surface area (Å²) in [6.07, 6.45) is 6.23. The van der Waals surface area contributed by atoms with E-state index in [-0.39, 0.29) is 11.8 Å². The predicted molar refractivity (Wildman–Crippen MR) is 92.0 cm³/mol. The zero-order valence-corrected chi connectivity index (χ0v) is 14.5. The minimum absolute atomic E-state index is 0.113. The molecule has 0 aromatic carbocycles. The molecule has 1 aliphatic rings. The van der Waals surface area contributed by atoms with Crippen LogP contribution in [0.25, 0.3) is 5.65 Å². The van der Waals surface area contributed by atoms with E-state index in [1.807, 2.05) is 32.2 Å². The van der Waals surface area contributed by atoms with Gasteiger partial charge in [-0.3, -0.25) is 14.0 Å². The van der Waals surface area contributed by atoms with Gasteiger partial charge in [0.1, 0.15) is 16.9 Å². The van der Waals surface area contributed by atoms with Gasteiger partial charge >= 0.3 is 0 Å². The highest BCUT2D eigenvalue weighted by atomic mass is 16.2. The molecule has 6 heteroatoms. The molecule has 1 saturated carbocycles. The lowest BCUT2D eigenvalue weighted by molar-refractivity contribution is -0.128. The molecule has 24 heavy (non-hydrogen) atoms. The van der Waals surface area contributed by atoms with Crippen LogP contribution in [0.15, 0.2) is 18.3 Å². The van der Waals surface area contributed by atoms with Crippen molar-refractivity contribution in [3.05, 3.63) is 35.3 Å². The molecule has 1 fully saturated rings. The molecule has 0 spiro atoms. The Bertz CT molecular complexity index is 788. The topological polar surface area (TPSA) is 75.5 Å². The molecule has 6 nitrogen and oxygen atoms in total. The van der Waals surface area contributed by atoms with Crippen LogP contribution in [-0.2, 0) is 4.79 Å². The maximum absolute atomic E-state index is 13.0. The third-order valence-corrected chi connectivity index (χ3v) is 4.88. The number of rotatable bonds is 3. The summed E-state index contributed by atoms with van der Waals surface area (Å²) in [4.78, 5) is 29.9. The van der Waals surface area contributed by atoms with Crippen molar-refractivity contribution in [3.8, 4) is 0 Å². The second kappa shape index (κ2) is 6.26. The fourth-order valence-corrected chi connectivity index (χ4v) is 3.62. The number of aromatic nitrogens is 2. The lowest BCUT2D eigenvalue weighted by Crippen LogP contribution is -2.59. The number of imidazole rings is 1. The molecular formula is C18H24N4O2. The van der Waals surface area contributed by atoms with Crippen molar-refractivity contribution in [2.24, 2.45) is 0 Å². The highest BCUT2D eigenvalue weighted by molar-refractivity contribution is 5.99. The number of carbonyl (C=O) groups excluding carboxylic acids is 2. The molecule has 2 amide bonds. The number of likely N-dealkylation sites (N-methyl/N-ethyl adjacent to an activating group) is 1. The van der Waals surface area contributed by atoms with Crippen LogP contribution in [0.2, 0.25) is 0 Å². The Balaban J connectivity index is 1.98. The molecule has 0 atom stereocenters. The van der Waals surface area contributed by atoms with Crippen LogP contribution in [0.3, 0.4) is 0 Å². The number of pyridine rings is 1. The Hall–Kier alpha value is -2.37. The van der Waals surface area contributed by atoms with E-state index in [2.05, 4.69) is 15.6 Å². The molecule has 2 aromatic rings. The van der Waals surface area contributed by atoms with Gasteiger partial charge in [0, 0.05) is 13.2 Å². The largest absolute Gasteiger partial charge is 0.357 e. The Morgan fingerprint density at radius 3 is 2.54 bits per heavy atom. The Morgan fingerprint density at radius 1 is 1.17 bits per heavy atom. The third-order valence-electron chi connectivity index (χ3n) is 4.88. The van der Waals surface area contributed by atoms with E-state index >= 15 is 0 Å². The van der Waals surface area contributed by atoms with Crippen LogP contribution in [0, 0.1) is 13.8 Å². The predicted octanol–water partition coefficient (Wildman–Crippen LogP) is 2.13. The summed E-state index contributed by atoms with van der Waals surface area (Å²) in [5.41, 5.74) is 2.14. The molecule has 3 rings (SSSR count). The lowest BCUT2D eigenvalue weighted by atomic mass is 9.80. The van der Waals surface area contributed by atoms with Gasteiger partial charge < -0.3 is 10.6 Å². The van der Waals surface area contributed by atoms with Crippen molar-refractivity contribution < 1.29 is 9.59 Å². The average molecular weight is 328 g/mol. The fourth-order valence-electron chi connectivity index (χ4n) is 3.62. The summed E-state index contributed by atoms with van der Waals surface area (Å²) >= 11 is 0. The van der Waals surface area contributed by atoms with Crippen LogP contribution >= 0.6 is 0 Å². The standard InChI is InChI=1S/C18H24N4O2/c1-12-7-8-14-20-13(2)15(22(14)11-12)16(23)21-18(17(24)19-3)9-5-4-6-10-18/h7-8,11H,4-6,9-10H2,1-3H3,(H,19,24)(H,21,23). The average Bonchev–Trinajstić information content (AvgIpc) is 2.90. The van der Waals surface area contributed by atoms with Gasteiger partial charge in [-0.25, -0.2) is 4.98 Å². The van der Waals surface area contributed by atoms with Crippen LogP contribution in [0.4, 0.5) is 0 Å². The normalized spacial score (nSPS) is 16.8. The summed E-state index contributed by atoms with van der Waals surface area (Å²) in [6, 6.07) is 3.87. The molecule has 0 unspecified atom stereocenters. The van der Waals surface area contributed by atoms with E-state index < -0.39 is 5.54 Å². The molecule has 0 radical (unpaired) electrons. The number of aryl methyl sites for hydroxylation is 2. The molecule has 0 aliphatic heterocycles. The summed E-state index contributed by atoms with van der Waals surface area (Å²) in [6.45, 7) is 3.80. The molecular weight excluding hydrogens is 304 g/mol. The first-order valence-electron chi connectivity index (χ1n) is 8.47. The third kappa shape index (κ3) is 2.77. The molecule has 128 valence electrons. The SMILES string of the molecule is CNC(=O)C1(NC(=O)c2c(C)nc3ccc(C)cn23)CCCCC1. The maximum atomic E-state index is 13.0. The van der Waals surface area contributed by atoms with Gasteiger partial charge in [-0.15, -0.1) is 0 Å². The van der Waals surface area contributed by atoms with Crippen molar-refractivity contribution in [1.29, 1.82) is 0 Å². The summed E-state index contributed by atoms with van der Waals surface area (Å²) in [7, 11) is 1.62. The monoisotopic (exact) mass is 328 g/mol.